The van der Waals surface area contributed by atoms with Gasteiger partial charge in [0.1, 0.15) is 0 Å². The fourth-order valence-electron chi connectivity index (χ4n) is 2.15. The molecule has 0 unspecified atom stereocenters. The van der Waals surface area contributed by atoms with E-state index in [1.807, 2.05) is 26.0 Å². The maximum Gasteiger partial charge on any atom is 0.416 e. The second kappa shape index (κ2) is 5.72. The van der Waals surface area contributed by atoms with Crippen LogP contribution in [0.15, 0.2) is 42.5 Å². The van der Waals surface area contributed by atoms with Gasteiger partial charge in [0.2, 0.25) is 0 Å². The molecule has 0 aliphatic heterocycles. The first-order valence-electron chi connectivity index (χ1n) is 6.59. The largest absolute Gasteiger partial charge is 0.416 e. The van der Waals surface area contributed by atoms with Crippen molar-refractivity contribution >= 4 is 6.29 Å². The van der Waals surface area contributed by atoms with Crippen molar-refractivity contribution in [1.29, 1.82) is 0 Å². The first kappa shape index (κ1) is 15.3. The summed E-state index contributed by atoms with van der Waals surface area (Å²) in [5.41, 5.74) is 1.44. The Labute approximate surface area is 121 Å². The first-order valence-corrected chi connectivity index (χ1v) is 6.59. The van der Waals surface area contributed by atoms with Gasteiger partial charge >= 0.3 is 6.18 Å². The molecular formula is C17H15F3O. The monoisotopic (exact) mass is 292 g/mol. The average molecular weight is 292 g/mol. The quantitative estimate of drug-likeness (QED) is 0.701. The molecule has 0 atom stereocenters. The molecule has 0 N–H and O–H groups in total. The highest BCUT2D eigenvalue weighted by Gasteiger charge is 2.31. The summed E-state index contributed by atoms with van der Waals surface area (Å²) in [7, 11) is 0. The SMILES string of the molecule is CC(C)c1cccc(-c2cc(C(F)(F)F)ccc2C=O)c1. The van der Waals surface area contributed by atoms with Gasteiger partial charge in [0.25, 0.3) is 0 Å². The number of alkyl halides is 3. The van der Waals surface area contributed by atoms with E-state index in [-0.39, 0.29) is 11.5 Å². The van der Waals surface area contributed by atoms with E-state index in [0.717, 1.165) is 17.7 Å². The smallest absolute Gasteiger partial charge is 0.298 e. The molecule has 0 aliphatic carbocycles. The van der Waals surface area contributed by atoms with Gasteiger partial charge in [-0.1, -0.05) is 44.2 Å². The summed E-state index contributed by atoms with van der Waals surface area (Å²) in [4.78, 5) is 11.1. The number of carbonyl (C=O) groups excluding carboxylic acids is 1. The molecule has 0 aliphatic rings. The van der Waals surface area contributed by atoms with E-state index in [1.165, 1.54) is 6.07 Å². The van der Waals surface area contributed by atoms with Gasteiger partial charge < -0.3 is 0 Å². The maximum atomic E-state index is 12.8. The van der Waals surface area contributed by atoms with E-state index in [2.05, 4.69) is 0 Å². The lowest BCUT2D eigenvalue weighted by Gasteiger charge is -2.13. The molecule has 0 bridgehead atoms. The summed E-state index contributed by atoms with van der Waals surface area (Å²) in [6.07, 6.45) is -3.84. The molecule has 1 nitrogen and oxygen atoms in total. The van der Waals surface area contributed by atoms with Crippen LogP contribution < -0.4 is 0 Å². The molecule has 21 heavy (non-hydrogen) atoms. The Bertz CT molecular complexity index is 657. The minimum atomic E-state index is -4.42. The molecule has 0 saturated heterocycles. The van der Waals surface area contributed by atoms with E-state index in [1.54, 1.807) is 12.1 Å². The molecule has 0 spiro atoms. The van der Waals surface area contributed by atoms with Crippen molar-refractivity contribution in [3.8, 4) is 11.1 Å². The lowest BCUT2D eigenvalue weighted by molar-refractivity contribution is -0.137. The molecule has 4 heteroatoms. The lowest BCUT2D eigenvalue weighted by Crippen LogP contribution is -2.05. The maximum absolute atomic E-state index is 12.8. The first-order chi connectivity index (χ1) is 9.82. The Hall–Kier alpha value is -2.10. The zero-order valence-electron chi connectivity index (χ0n) is 11.7. The summed E-state index contributed by atoms with van der Waals surface area (Å²) < 4.78 is 38.5. The number of rotatable bonds is 3. The molecule has 2 rings (SSSR count). The van der Waals surface area contributed by atoms with E-state index in [0.29, 0.717) is 17.4 Å². The predicted molar refractivity (Wildman–Crippen MR) is 76.4 cm³/mol. The zero-order valence-corrected chi connectivity index (χ0v) is 11.7. The summed E-state index contributed by atoms with van der Waals surface area (Å²) in [5.74, 6) is 0.260. The number of hydrogen-bond donors (Lipinski definition) is 0. The fraction of sp³-hybridized carbons (Fsp3) is 0.235. The number of carbonyl (C=O) groups is 1. The molecule has 110 valence electrons. The topological polar surface area (TPSA) is 17.1 Å². The van der Waals surface area contributed by atoms with E-state index < -0.39 is 11.7 Å². The van der Waals surface area contributed by atoms with Crippen LogP contribution in [-0.4, -0.2) is 6.29 Å². The average Bonchev–Trinajstić information content (AvgIpc) is 2.45. The highest BCUT2D eigenvalue weighted by atomic mass is 19.4. The van der Waals surface area contributed by atoms with Crippen molar-refractivity contribution in [3.63, 3.8) is 0 Å². The molecule has 0 saturated carbocycles. The number of benzene rings is 2. The van der Waals surface area contributed by atoms with Crippen LogP contribution in [0.4, 0.5) is 13.2 Å². The second-order valence-corrected chi connectivity index (χ2v) is 5.20. The Balaban J connectivity index is 2.61. The van der Waals surface area contributed by atoms with Gasteiger partial charge in [-0.15, -0.1) is 0 Å². The van der Waals surface area contributed by atoms with Crippen molar-refractivity contribution < 1.29 is 18.0 Å². The molecule has 2 aromatic rings. The van der Waals surface area contributed by atoms with Gasteiger partial charge in [0, 0.05) is 5.56 Å². The van der Waals surface area contributed by atoms with Gasteiger partial charge in [0.05, 0.1) is 5.56 Å². The van der Waals surface area contributed by atoms with Gasteiger partial charge in [-0.3, -0.25) is 4.79 Å². The summed E-state index contributed by atoms with van der Waals surface area (Å²) in [6, 6.07) is 10.4. The van der Waals surface area contributed by atoms with Crippen LogP contribution in [0, 0.1) is 0 Å². The minimum Gasteiger partial charge on any atom is -0.298 e. The summed E-state index contributed by atoms with van der Waals surface area (Å²) in [6.45, 7) is 4.01. The number of aldehydes is 1. The Morgan fingerprint density at radius 1 is 1.05 bits per heavy atom. The Morgan fingerprint density at radius 3 is 2.33 bits per heavy atom. The van der Waals surface area contributed by atoms with Gasteiger partial charge in [0.15, 0.2) is 6.29 Å². The van der Waals surface area contributed by atoms with Crippen LogP contribution in [-0.2, 0) is 6.18 Å². The molecule has 0 aromatic heterocycles. The Morgan fingerprint density at radius 2 is 1.76 bits per heavy atom. The van der Waals surface area contributed by atoms with E-state index in [4.69, 9.17) is 0 Å². The van der Waals surface area contributed by atoms with Crippen LogP contribution in [0.5, 0.6) is 0 Å². The Kier molecular flexibility index (Phi) is 4.16. The lowest BCUT2D eigenvalue weighted by atomic mass is 9.94. The van der Waals surface area contributed by atoms with Crippen molar-refractivity contribution in [2.24, 2.45) is 0 Å². The molecule has 0 radical (unpaired) electrons. The predicted octanol–water partition coefficient (Wildman–Crippen LogP) is 5.31. The molecule has 0 amide bonds. The van der Waals surface area contributed by atoms with Crippen molar-refractivity contribution in [2.45, 2.75) is 25.9 Å². The molecule has 2 aromatic carbocycles. The van der Waals surface area contributed by atoms with Crippen molar-refractivity contribution in [1.82, 2.24) is 0 Å². The molecule has 0 fully saturated rings. The van der Waals surface area contributed by atoms with Crippen LogP contribution in [0.3, 0.4) is 0 Å². The van der Waals surface area contributed by atoms with Crippen LogP contribution in [0.25, 0.3) is 11.1 Å². The number of hydrogen-bond acceptors (Lipinski definition) is 1. The van der Waals surface area contributed by atoms with Crippen LogP contribution >= 0.6 is 0 Å². The zero-order chi connectivity index (χ0) is 15.6. The van der Waals surface area contributed by atoms with Crippen molar-refractivity contribution in [2.75, 3.05) is 0 Å². The van der Waals surface area contributed by atoms with Crippen LogP contribution in [0.1, 0.15) is 41.3 Å². The standard InChI is InChI=1S/C17H15F3O/c1-11(2)12-4-3-5-13(8-12)16-9-15(17(18,19)20)7-6-14(16)10-21/h3-11H,1-2H3. The minimum absolute atomic E-state index is 0.254. The van der Waals surface area contributed by atoms with Gasteiger partial charge in [-0.25, -0.2) is 0 Å². The highest BCUT2D eigenvalue weighted by molar-refractivity contribution is 5.88. The second-order valence-electron chi connectivity index (χ2n) is 5.20. The third-order valence-corrected chi connectivity index (χ3v) is 3.37. The summed E-state index contributed by atoms with van der Waals surface area (Å²) in [5, 5.41) is 0. The third kappa shape index (κ3) is 3.32. The fourth-order valence-corrected chi connectivity index (χ4v) is 2.15. The number of halogens is 3. The summed E-state index contributed by atoms with van der Waals surface area (Å²) >= 11 is 0. The van der Waals surface area contributed by atoms with E-state index in [9.17, 15) is 18.0 Å². The van der Waals surface area contributed by atoms with E-state index >= 15 is 0 Å². The van der Waals surface area contributed by atoms with Crippen LogP contribution in [0.2, 0.25) is 0 Å². The molecule has 0 heterocycles. The molecular weight excluding hydrogens is 277 g/mol. The third-order valence-electron chi connectivity index (χ3n) is 3.37. The highest BCUT2D eigenvalue weighted by Crippen LogP contribution is 2.34. The van der Waals surface area contributed by atoms with Gasteiger partial charge in [-0.2, -0.15) is 13.2 Å². The van der Waals surface area contributed by atoms with Crippen molar-refractivity contribution in [3.05, 3.63) is 59.2 Å². The van der Waals surface area contributed by atoms with Gasteiger partial charge in [-0.05, 0) is 34.7 Å². The normalized spacial score (nSPS) is 11.7.